The Morgan fingerprint density at radius 2 is 1.67 bits per heavy atom. The minimum absolute atomic E-state index is 0.172. The third-order valence-electron chi connectivity index (χ3n) is 3.01. The first kappa shape index (κ1) is 17.4. The number of rotatable bonds is 5. The number of anilines is 2. The number of halogens is 1. The molecule has 0 heterocycles. The Labute approximate surface area is 142 Å². The standard InChI is InChI=1S/C15H14FN3O4S/c1-22-11-5-10(6-12(8-11)23-2)18-15(24)17-9-3-4-13(16)14(7-9)19(20)21/h3-8H,1-2H3,(H2,17,18,24). The van der Waals surface area contributed by atoms with Gasteiger partial charge in [0.15, 0.2) is 5.11 Å². The average molecular weight is 351 g/mol. The van der Waals surface area contributed by atoms with E-state index in [1.165, 1.54) is 20.3 Å². The quantitative estimate of drug-likeness (QED) is 0.484. The number of ether oxygens (including phenoxy) is 2. The summed E-state index contributed by atoms with van der Waals surface area (Å²) in [4.78, 5) is 9.95. The Kier molecular flexibility index (Phi) is 5.48. The van der Waals surface area contributed by atoms with Crippen molar-refractivity contribution in [1.29, 1.82) is 0 Å². The molecule has 126 valence electrons. The van der Waals surface area contributed by atoms with Crippen molar-refractivity contribution in [2.24, 2.45) is 0 Å². The van der Waals surface area contributed by atoms with E-state index in [1.54, 1.807) is 18.2 Å². The predicted molar refractivity (Wildman–Crippen MR) is 92.4 cm³/mol. The summed E-state index contributed by atoms with van der Waals surface area (Å²) in [5.74, 6) is 0.219. The molecular formula is C15H14FN3O4S. The molecule has 0 saturated carbocycles. The largest absolute Gasteiger partial charge is 0.497 e. The Morgan fingerprint density at radius 3 is 2.21 bits per heavy atom. The second kappa shape index (κ2) is 7.55. The second-order valence-corrected chi connectivity index (χ2v) is 5.01. The zero-order valence-electron chi connectivity index (χ0n) is 12.8. The molecular weight excluding hydrogens is 337 g/mol. The van der Waals surface area contributed by atoms with Crippen LogP contribution >= 0.6 is 12.2 Å². The summed E-state index contributed by atoms with van der Waals surface area (Å²) in [6, 6.07) is 8.51. The molecule has 0 aromatic heterocycles. The van der Waals surface area contributed by atoms with Crippen LogP contribution in [0, 0.1) is 15.9 Å². The van der Waals surface area contributed by atoms with Crippen molar-refractivity contribution in [3.8, 4) is 11.5 Å². The van der Waals surface area contributed by atoms with E-state index >= 15 is 0 Å². The van der Waals surface area contributed by atoms with E-state index in [2.05, 4.69) is 10.6 Å². The highest BCUT2D eigenvalue weighted by Gasteiger charge is 2.14. The van der Waals surface area contributed by atoms with Crippen molar-refractivity contribution in [3.05, 3.63) is 52.3 Å². The number of benzene rings is 2. The molecule has 2 rings (SSSR count). The van der Waals surface area contributed by atoms with E-state index in [-0.39, 0.29) is 10.8 Å². The fourth-order valence-electron chi connectivity index (χ4n) is 1.90. The van der Waals surface area contributed by atoms with E-state index in [9.17, 15) is 14.5 Å². The number of hydrogen-bond acceptors (Lipinski definition) is 5. The van der Waals surface area contributed by atoms with Gasteiger partial charge in [0, 0.05) is 35.6 Å². The molecule has 0 amide bonds. The Morgan fingerprint density at radius 1 is 1.08 bits per heavy atom. The van der Waals surface area contributed by atoms with Gasteiger partial charge in [-0.2, -0.15) is 4.39 Å². The van der Waals surface area contributed by atoms with Crippen LogP contribution in [0.2, 0.25) is 0 Å². The molecule has 0 aliphatic carbocycles. The van der Waals surface area contributed by atoms with Gasteiger partial charge in [0.25, 0.3) is 0 Å². The highest BCUT2D eigenvalue weighted by Crippen LogP contribution is 2.26. The molecule has 2 N–H and O–H groups in total. The molecule has 9 heteroatoms. The predicted octanol–water partition coefficient (Wildman–Crippen LogP) is 3.56. The number of nitrogens with zero attached hydrogens (tertiary/aromatic N) is 1. The SMILES string of the molecule is COc1cc(NC(=S)Nc2ccc(F)c([N+](=O)[O-])c2)cc(OC)c1. The second-order valence-electron chi connectivity index (χ2n) is 4.60. The van der Waals surface area contributed by atoms with E-state index in [1.807, 2.05) is 0 Å². The first-order valence-electron chi connectivity index (χ1n) is 6.68. The number of nitro benzene ring substituents is 1. The summed E-state index contributed by atoms with van der Waals surface area (Å²) in [5.41, 5.74) is 0.252. The van der Waals surface area contributed by atoms with E-state index < -0.39 is 16.4 Å². The topological polar surface area (TPSA) is 85.7 Å². The first-order chi connectivity index (χ1) is 11.4. The highest BCUT2D eigenvalue weighted by molar-refractivity contribution is 7.80. The lowest BCUT2D eigenvalue weighted by Gasteiger charge is -2.13. The molecule has 0 radical (unpaired) electrons. The molecule has 7 nitrogen and oxygen atoms in total. The summed E-state index contributed by atoms with van der Waals surface area (Å²) in [5, 5.41) is 16.6. The van der Waals surface area contributed by atoms with Crippen LogP contribution in [0.4, 0.5) is 21.5 Å². The molecule has 0 bridgehead atoms. The van der Waals surface area contributed by atoms with Crippen molar-refractivity contribution < 1.29 is 18.8 Å². The number of nitrogens with one attached hydrogen (secondary N) is 2. The zero-order valence-corrected chi connectivity index (χ0v) is 13.6. The van der Waals surface area contributed by atoms with Crippen LogP contribution in [-0.4, -0.2) is 24.3 Å². The molecule has 0 unspecified atom stereocenters. The Hall–Kier alpha value is -2.94. The lowest BCUT2D eigenvalue weighted by Crippen LogP contribution is -2.19. The summed E-state index contributed by atoms with van der Waals surface area (Å²) in [6.45, 7) is 0. The normalized spacial score (nSPS) is 9.96. The summed E-state index contributed by atoms with van der Waals surface area (Å²) < 4.78 is 23.6. The van der Waals surface area contributed by atoms with Crippen molar-refractivity contribution in [2.45, 2.75) is 0 Å². The van der Waals surface area contributed by atoms with Gasteiger partial charge >= 0.3 is 5.69 Å². The average Bonchev–Trinajstić information content (AvgIpc) is 2.55. The monoisotopic (exact) mass is 351 g/mol. The van der Waals surface area contributed by atoms with Gasteiger partial charge in [-0.1, -0.05) is 0 Å². The van der Waals surface area contributed by atoms with E-state index in [0.717, 1.165) is 12.1 Å². The minimum atomic E-state index is -0.915. The molecule has 2 aromatic rings. The number of methoxy groups -OCH3 is 2. The Balaban J connectivity index is 2.14. The molecule has 0 atom stereocenters. The van der Waals surface area contributed by atoms with Gasteiger partial charge in [-0.15, -0.1) is 0 Å². The zero-order chi connectivity index (χ0) is 17.7. The maximum Gasteiger partial charge on any atom is 0.306 e. The van der Waals surface area contributed by atoms with Gasteiger partial charge in [0.05, 0.1) is 19.1 Å². The lowest BCUT2D eigenvalue weighted by molar-refractivity contribution is -0.387. The van der Waals surface area contributed by atoms with Crippen LogP contribution in [0.25, 0.3) is 0 Å². The molecule has 0 spiro atoms. The van der Waals surface area contributed by atoms with Gasteiger partial charge < -0.3 is 20.1 Å². The molecule has 24 heavy (non-hydrogen) atoms. The van der Waals surface area contributed by atoms with E-state index in [0.29, 0.717) is 17.2 Å². The summed E-state index contributed by atoms with van der Waals surface area (Å²) in [6.07, 6.45) is 0. The van der Waals surface area contributed by atoms with E-state index in [4.69, 9.17) is 21.7 Å². The third kappa shape index (κ3) is 4.29. The van der Waals surface area contributed by atoms with Crippen LogP contribution in [0.15, 0.2) is 36.4 Å². The van der Waals surface area contributed by atoms with Crippen LogP contribution in [0.3, 0.4) is 0 Å². The van der Waals surface area contributed by atoms with Gasteiger partial charge in [-0.05, 0) is 24.4 Å². The minimum Gasteiger partial charge on any atom is -0.497 e. The maximum absolute atomic E-state index is 13.3. The van der Waals surface area contributed by atoms with Gasteiger partial charge in [-0.3, -0.25) is 10.1 Å². The molecule has 0 saturated heterocycles. The van der Waals surface area contributed by atoms with Crippen molar-refractivity contribution in [2.75, 3.05) is 24.9 Å². The van der Waals surface area contributed by atoms with Gasteiger partial charge in [0.2, 0.25) is 5.82 Å². The third-order valence-corrected chi connectivity index (χ3v) is 3.21. The maximum atomic E-state index is 13.3. The van der Waals surface area contributed by atoms with Crippen LogP contribution in [-0.2, 0) is 0 Å². The molecule has 0 fully saturated rings. The lowest BCUT2D eigenvalue weighted by atomic mass is 10.2. The number of nitro groups is 1. The molecule has 2 aromatic carbocycles. The van der Waals surface area contributed by atoms with Gasteiger partial charge in [0.1, 0.15) is 11.5 Å². The molecule has 0 aliphatic rings. The molecule has 0 aliphatic heterocycles. The van der Waals surface area contributed by atoms with Crippen LogP contribution in [0.5, 0.6) is 11.5 Å². The highest BCUT2D eigenvalue weighted by atomic mass is 32.1. The van der Waals surface area contributed by atoms with Crippen molar-refractivity contribution in [3.63, 3.8) is 0 Å². The fraction of sp³-hybridized carbons (Fsp3) is 0.133. The smallest absolute Gasteiger partial charge is 0.306 e. The summed E-state index contributed by atoms with van der Waals surface area (Å²) in [7, 11) is 3.04. The Bertz CT molecular complexity index is 763. The first-order valence-corrected chi connectivity index (χ1v) is 7.08. The number of thiocarbonyl (C=S) groups is 1. The van der Waals surface area contributed by atoms with Crippen molar-refractivity contribution in [1.82, 2.24) is 0 Å². The van der Waals surface area contributed by atoms with Gasteiger partial charge in [-0.25, -0.2) is 0 Å². The van der Waals surface area contributed by atoms with Crippen molar-refractivity contribution >= 4 is 34.4 Å². The number of hydrogen-bond donors (Lipinski definition) is 2. The fourth-order valence-corrected chi connectivity index (χ4v) is 2.14. The van der Waals surface area contributed by atoms with Crippen LogP contribution in [0.1, 0.15) is 0 Å². The summed E-state index contributed by atoms with van der Waals surface area (Å²) >= 11 is 5.15. The van der Waals surface area contributed by atoms with Crippen LogP contribution < -0.4 is 20.1 Å².